The lowest BCUT2D eigenvalue weighted by atomic mass is 10.2. The van der Waals surface area contributed by atoms with Crippen molar-refractivity contribution in [2.24, 2.45) is 0 Å². The molecule has 0 aliphatic rings. The molecule has 1 heterocycles. The summed E-state index contributed by atoms with van der Waals surface area (Å²) in [4.78, 5) is 0. The Bertz CT molecular complexity index is 518. The van der Waals surface area contributed by atoms with Crippen LogP contribution in [0.4, 0.5) is 4.39 Å². The molecule has 1 aromatic carbocycles. The summed E-state index contributed by atoms with van der Waals surface area (Å²) in [6, 6.07) is 7.13. The zero-order valence-electron chi connectivity index (χ0n) is 11.4. The molecular formula is C15H20FNOS. The van der Waals surface area contributed by atoms with Crippen LogP contribution >= 0.6 is 11.8 Å². The molecule has 1 atom stereocenters. The molecular weight excluding hydrogens is 261 g/mol. The van der Waals surface area contributed by atoms with Gasteiger partial charge in [0.25, 0.3) is 0 Å². The predicted molar refractivity (Wildman–Crippen MR) is 80.2 cm³/mol. The van der Waals surface area contributed by atoms with Crippen LogP contribution in [0.2, 0.25) is 0 Å². The van der Waals surface area contributed by atoms with Crippen LogP contribution in [0.3, 0.4) is 0 Å². The summed E-state index contributed by atoms with van der Waals surface area (Å²) < 4.78 is 19.4. The van der Waals surface area contributed by atoms with E-state index < -0.39 is 0 Å². The first-order chi connectivity index (χ1) is 9.26. The molecule has 0 radical (unpaired) electrons. The molecule has 2 nitrogen and oxygen atoms in total. The van der Waals surface area contributed by atoms with Crippen molar-refractivity contribution in [1.82, 2.24) is 5.32 Å². The summed E-state index contributed by atoms with van der Waals surface area (Å²) in [6.07, 6.45) is 1.07. The molecule has 0 aliphatic carbocycles. The minimum atomic E-state index is -0.291. The van der Waals surface area contributed by atoms with E-state index in [1.165, 1.54) is 6.07 Å². The second kappa shape index (κ2) is 6.96. The molecule has 2 rings (SSSR count). The fraction of sp³-hybridized carbons (Fsp3) is 0.467. The molecule has 0 fully saturated rings. The molecule has 0 amide bonds. The minimum Gasteiger partial charge on any atom is -0.456 e. The van der Waals surface area contributed by atoms with Crippen LogP contribution in [0.1, 0.15) is 32.1 Å². The van der Waals surface area contributed by atoms with Crippen molar-refractivity contribution < 1.29 is 8.81 Å². The quantitative estimate of drug-likeness (QED) is 0.816. The molecule has 0 saturated carbocycles. The third kappa shape index (κ3) is 3.51. The highest BCUT2D eigenvalue weighted by atomic mass is 32.2. The number of benzene rings is 1. The Morgan fingerprint density at radius 1 is 1.37 bits per heavy atom. The summed E-state index contributed by atoms with van der Waals surface area (Å²) in [5.41, 5.74) is 0.363. The van der Waals surface area contributed by atoms with Crippen LogP contribution in [-0.4, -0.2) is 18.1 Å². The SMILES string of the molecule is CCCNC(CSCC)c1cc2cccc(F)c2o1. The van der Waals surface area contributed by atoms with Crippen molar-refractivity contribution in [2.75, 3.05) is 18.1 Å². The van der Waals surface area contributed by atoms with Gasteiger partial charge in [0.05, 0.1) is 6.04 Å². The Kier molecular flexibility index (Phi) is 5.28. The van der Waals surface area contributed by atoms with Crippen LogP contribution in [0.25, 0.3) is 11.0 Å². The normalized spacial score (nSPS) is 13.0. The number of rotatable bonds is 7. The van der Waals surface area contributed by atoms with Crippen LogP contribution in [-0.2, 0) is 0 Å². The number of para-hydroxylation sites is 1. The van der Waals surface area contributed by atoms with E-state index in [0.29, 0.717) is 5.58 Å². The first-order valence-electron chi connectivity index (χ1n) is 6.75. The number of halogens is 1. The van der Waals surface area contributed by atoms with E-state index in [2.05, 4.69) is 19.2 Å². The number of fused-ring (bicyclic) bond motifs is 1. The standard InChI is InChI=1S/C15H20FNOS/c1-3-8-17-13(10-19-4-2)14-9-11-6-5-7-12(16)15(11)18-14/h5-7,9,13,17H,3-4,8,10H2,1-2H3. The Labute approximate surface area is 117 Å². The largest absolute Gasteiger partial charge is 0.456 e. The van der Waals surface area contributed by atoms with Gasteiger partial charge < -0.3 is 9.73 Å². The van der Waals surface area contributed by atoms with Gasteiger partial charge in [0.2, 0.25) is 0 Å². The Hall–Kier alpha value is -1.00. The van der Waals surface area contributed by atoms with Crippen molar-refractivity contribution in [3.63, 3.8) is 0 Å². The Morgan fingerprint density at radius 3 is 2.89 bits per heavy atom. The van der Waals surface area contributed by atoms with Crippen molar-refractivity contribution in [1.29, 1.82) is 0 Å². The van der Waals surface area contributed by atoms with E-state index in [1.54, 1.807) is 6.07 Å². The minimum absolute atomic E-state index is 0.150. The fourth-order valence-electron chi connectivity index (χ4n) is 2.02. The average molecular weight is 281 g/mol. The lowest BCUT2D eigenvalue weighted by molar-refractivity contribution is 0.447. The van der Waals surface area contributed by atoms with Crippen molar-refractivity contribution in [3.05, 3.63) is 35.8 Å². The van der Waals surface area contributed by atoms with E-state index in [-0.39, 0.29) is 11.9 Å². The molecule has 1 aromatic heterocycles. The van der Waals surface area contributed by atoms with E-state index >= 15 is 0 Å². The number of hydrogen-bond acceptors (Lipinski definition) is 3. The van der Waals surface area contributed by atoms with E-state index in [4.69, 9.17) is 4.42 Å². The highest BCUT2D eigenvalue weighted by molar-refractivity contribution is 7.99. The number of hydrogen-bond donors (Lipinski definition) is 1. The van der Waals surface area contributed by atoms with Gasteiger partial charge in [-0.15, -0.1) is 0 Å². The molecule has 1 unspecified atom stereocenters. The van der Waals surface area contributed by atoms with Crippen LogP contribution in [0.15, 0.2) is 28.7 Å². The fourth-order valence-corrected chi connectivity index (χ4v) is 2.77. The molecule has 0 aliphatic heterocycles. The summed E-state index contributed by atoms with van der Waals surface area (Å²) in [6.45, 7) is 5.21. The van der Waals surface area contributed by atoms with Gasteiger partial charge in [-0.1, -0.05) is 26.0 Å². The summed E-state index contributed by atoms with van der Waals surface area (Å²) >= 11 is 1.86. The molecule has 19 heavy (non-hydrogen) atoms. The van der Waals surface area contributed by atoms with Crippen LogP contribution < -0.4 is 5.32 Å². The maximum Gasteiger partial charge on any atom is 0.169 e. The topological polar surface area (TPSA) is 25.2 Å². The summed E-state index contributed by atoms with van der Waals surface area (Å²) in [5.74, 6) is 2.55. The van der Waals surface area contributed by atoms with Gasteiger partial charge in [0.1, 0.15) is 5.76 Å². The van der Waals surface area contributed by atoms with Crippen molar-refractivity contribution >= 4 is 22.7 Å². The maximum atomic E-state index is 13.6. The Balaban J connectivity index is 2.24. The van der Waals surface area contributed by atoms with Gasteiger partial charge >= 0.3 is 0 Å². The number of furan rings is 1. The molecule has 0 bridgehead atoms. The van der Waals surface area contributed by atoms with Gasteiger partial charge in [0, 0.05) is 11.1 Å². The third-order valence-electron chi connectivity index (χ3n) is 2.99. The monoisotopic (exact) mass is 281 g/mol. The van der Waals surface area contributed by atoms with E-state index in [1.807, 2.05) is 23.9 Å². The lowest BCUT2D eigenvalue weighted by Crippen LogP contribution is -2.23. The highest BCUT2D eigenvalue weighted by Crippen LogP contribution is 2.27. The second-order valence-electron chi connectivity index (χ2n) is 4.47. The highest BCUT2D eigenvalue weighted by Gasteiger charge is 2.16. The molecule has 1 N–H and O–H groups in total. The van der Waals surface area contributed by atoms with Gasteiger partial charge in [-0.05, 0) is 30.9 Å². The second-order valence-corrected chi connectivity index (χ2v) is 5.79. The van der Waals surface area contributed by atoms with Gasteiger partial charge in [-0.25, -0.2) is 4.39 Å². The first kappa shape index (κ1) is 14.4. The Morgan fingerprint density at radius 2 is 2.21 bits per heavy atom. The smallest absolute Gasteiger partial charge is 0.169 e. The first-order valence-corrected chi connectivity index (χ1v) is 7.90. The third-order valence-corrected chi connectivity index (χ3v) is 3.97. The molecule has 4 heteroatoms. The van der Waals surface area contributed by atoms with Crippen LogP contribution in [0, 0.1) is 5.82 Å². The molecule has 0 saturated heterocycles. The van der Waals surface area contributed by atoms with Crippen molar-refractivity contribution in [3.8, 4) is 0 Å². The predicted octanol–water partition coefficient (Wildman–Crippen LogP) is 4.37. The van der Waals surface area contributed by atoms with Gasteiger partial charge in [-0.3, -0.25) is 0 Å². The maximum absolute atomic E-state index is 13.6. The average Bonchev–Trinajstić information content (AvgIpc) is 2.84. The molecule has 0 spiro atoms. The zero-order chi connectivity index (χ0) is 13.7. The summed E-state index contributed by atoms with van der Waals surface area (Å²) in [5, 5.41) is 4.30. The molecule has 2 aromatic rings. The number of nitrogens with one attached hydrogen (secondary N) is 1. The van der Waals surface area contributed by atoms with Crippen LogP contribution in [0.5, 0.6) is 0 Å². The van der Waals surface area contributed by atoms with E-state index in [0.717, 1.165) is 35.6 Å². The van der Waals surface area contributed by atoms with Gasteiger partial charge in [-0.2, -0.15) is 11.8 Å². The van der Waals surface area contributed by atoms with E-state index in [9.17, 15) is 4.39 Å². The van der Waals surface area contributed by atoms with Crippen molar-refractivity contribution in [2.45, 2.75) is 26.3 Å². The van der Waals surface area contributed by atoms with Gasteiger partial charge in [0.15, 0.2) is 11.4 Å². The summed E-state index contributed by atoms with van der Waals surface area (Å²) in [7, 11) is 0. The lowest BCUT2D eigenvalue weighted by Gasteiger charge is -2.15. The number of thioether (sulfide) groups is 1. The zero-order valence-corrected chi connectivity index (χ0v) is 12.2. The molecule has 104 valence electrons.